The number of hydrogen-bond donors (Lipinski definition) is 0. The van der Waals surface area contributed by atoms with Gasteiger partial charge in [0.05, 0.1) is 14.5 Å². The average molecular weight is 359 g/mol. The Bertz CT molecular complexity index is 558. The van der Waals surface area contributed by atoms with Crippen LogP contribution in [0, 0.1) is 3.57 Å². The molecule has 0 saturated heterocycles. The van der Waals surface area contributed by atoms with Crippen molar-refractivity contribution < 1.29 is 13.2 Å². The van der Waals surface area contributed by atoms with Crippen LogP contribution in [0.5, 0.6) is 0 Å². The first-order valence-corrected chi connectivity index (χ1v) is 5.39. The van der Waals surface area contributed by atoms with Crippen LogP contribution in [0.3, 0.4) is 0 Å². The average Bonchev–Trinajstić information content (AvgIpc) is 2.18. The van der Waals surface area contributed by atoms with Crippen molar-refractivity contribution in [2.24, 2.45) is 0 Å². The van der Waals surface area contributed by atoms with E-state index in [4.69, 9.17) is 11.6 Å². The number of aromatic nitrogens is 3. The van der Waals surface area contributed by atoms with Gasteiger partial charge in [-0.15, -0.1) is 0 Å². The van der Waals surface area contributed by atoms with Gasteiger partial charge in [-0.3, -0.25) is 4.98 Å². The lowest BCUT2D eigenvalue weighted by atomic mass is 10.3. The standard InChI is InChI=1S/C8H2ClF3IN3/c9-6-3-1-14-2-4(13)5(3)15-7(16-6)8(10,11)12/h1-2H. The second-order valence-corrected chi connectivity index (χ2v) is 4.37. The monoisotopic (exact) mass is 359 g/mol. The lowest BCUT2D eigenvalue weighted by Crippen LogP contribution is -2.11. The molecule has 0 bridgehead atoms. The van der Waals surface area contributed by atoms with Crippen LogP contribution < -0.4 is 0 Å². The highest BCUT2D eigenvalue weighted by Crippen LogP contribution is 2.30. The molecule has 0 atom stereocenters. The van der Waals surface area contributed by atoms with E-state index >= 15 is 0 Å². The summed E-state index contributed by atoms with van der Waals surface area (Å²) < 4.78 is 37.8. The highest BCUT2D eigenvalue weighted by atomic mass is 127. The summed E-state index contributed by atoms with van der Waals surface area (Å²) in [5.74, 6) is -1.24. The van der Waals surface area contributed by atoms with Crippen LogP contribution in [-0.2, 0) is 6.18 Å². The molecule has 2 aromatic rings. The molecule has 0 unspecified atom stereocenters. The maximum Gasteiger partial charge on any atom is 0.451 e. The first-order chi connectivity index (χ1) is 7.39. The largest absolute Gasteiger partial charge is 0.451 e. The molecule has 0 saturated carbocycles. The van der Waals surface area contributed by atoms with Crippen molar-refractivity contribution in [1.82, 2.24) is 15.0 Å². The van der Waals surface area contributed by atoms with Gasteiger partial charge in [-0.25, -0.2) is 9.97 Å². The summed E-state index contributed by atoms with van der Waals surface area (Å²) in [5, 5.41) is 0.0601. The molecule has 0 fully saturated rings. The van der Waals surface area contributed by atoms with Crippen molar-refractivity contribution in [2.45, 2.75) is 6.18 Å². The zero-order valence-electron chi connectivity index (χ0n) is 7.39. The molecular weight excluding hydrogens is 357 g/mol. The minimum Gasteiger partial charge on any atom is -0.263 e. The summed E-state index contributed by atoms with van der Waals surface area (Å²) in [6, 6.07) is 0. The Morgan fingerprint density at radius 1 is 1.19 bits per heavy atom. The van der Waals surface area contributed by atoms with E-state index in [2.05, 4.69) is 15.0 Å². The summed E-state index contributed by atoms with van der Waals surface area (Å²) in [6.07, 6.45) is -1.86. The molecule has 84 valence electrons. The molecule has 0 N–H and O–H groups in total. The van der Waals surface area contributed by atoms with E-state index in [-0.39, 0.29) is 10.7 Å². The first-order valence-electron chi connectivity index (χ1n) is 3.93. The molecule has 2 rings (SSSR count). The highest BCUT2D eigenvalue weighted by Gasteiger charge is 2.35. The summed E-state index contributed by atoms with van der Waals surface area (Å²) >= 11 is 7.49. The van der Waals surface area contributed by atoms with Crippen LogP contribution in [0.2, 0.25) is 5.15 Å². The third-order valence-electron chi connectivity index (χ3n) is 1.77. The van der Waals surface area contributed by atoms with E-state index in [1.807, 2.05) is 22.6 Å². The first kappa shape index (κ1) is 11.8. The SMILES string of the molecule is FC(F)(F)c1nc(Cl)c2cncc(I)c2n1. The maximum atomic E-state index is 12.4. The van der Waals surface area contributed by atoms with Gasteiger partial charge in [0, 0.05) is 12.4 Å². The molecule has 0 amide bonds. The minimum atomic E-state index is -4.61. The summed E-state index contributed by atoms with van der Waals surface area (Å²) in [4.78, 5) is 10.5. The molecule has 3 nitrogen and oxygen atoms in total. The van der Waals surface area contributed by atoms with Crippen molar-refractivity contribution in [3.8, 4) is 0 Å². The van der Waals surface area contributed by atoms with Gasteiger partial charge in [0.2, 0.25) is 5.82 Å². The third-order valence-corrected chi connectivity index (χ3v) is 2.85. The van der Waals surface area contributed by atoms with Crippen LogP contribution in [0.25, 0.3) is 10.9 Å². The fraction of sp³-hybridized carbons (Fsp3) is 0.125. The second kappa shape index (κ2) is 3.95. The molecule has 0 aliphatic rings. The van der Waals surface area contributed by atoms with E-state index in [9.17, 15) is 13.2 Å². The van der Waals surface area contributed by atoms with Crippen molar-refractivity contribution in [3.63, 3.8) is 0 Å². The molecular formula is C8H2ClF3IN3. The number of alkyl halides is 3. The molecule has 0 spiro atoms. The Hall–Kier alpha value is -0.700. The van der Waals surface area contributed by atoms with E-state index in [1.54, 1.807) is 0 Å². The Kier molecular flexibility index (Phi) is 2.91. The van der Waals surface area contributed by atoms with Crippen LogP contribution >= 0.6 is 34.2 Å². The van der Waals surface area contributed by atoms with E-state index in [1.165, 1.54) is 12.4 Å². The summed E-state index contributed by atoms with van der Waals surface area (Å²) in [6.45, 7) is 0. The Morgan fingerprint density at radius 3 is 2.50 bits per heavy atom. The topological polar surface area (TPSA) is 38.7 Å². The highest BCUT2D eigenvalue weighted by molar-refractivity contribution is 14.1. The summed E-state index contributed by atoms with van der Waals surface area (Å²) in [7, 11) is 0. The predicted octanol–water partition coefficient (Wildman–Crippen LogP) is 3.30. The normalized spacial score (nSPS) is 12.1. The predicted molar refractivity (Wildman–Crippen MR) is 60.1 cm³/mol. The molecule has 16 heavy (non-hydrogen) atoms. The molecule has 0 aromatic carbocycles. The maximum absolute atomic E-state index is 12.4. The number of halogens is 5. The number of fused-ring (bicyclic) bond motifs is 1. The molecule has 0 aliphatic heterocycles. The van der Waals surface area contributed by atoms with Crippen LogP contribution in [0.1, 0.15) is 5.82 Å². The fourth-order valence-electron chi connectivity index (χ4n) is 1.10. The number of rotatable bonds is 0. The van der Waals surface area contributed by atoms with Crippen molar-refractivity contribution in [1.29, 1.82) is 0 Å². The quantitative estimate of drug-likeness (QED) is 0.535. The Balaban J connectivity index is 2.81. The lowest BCUT2D eigenvalue weighted by Gasteiger charge is -2.07. The van der Waals surface area contributed by atoms with E-state index in [0.29, 0.717) is 8.96 Å². The van der Waals surface area contributed by atoms with Crippen molar-refractivity contribution in [2.75, 3.05) is 0 Å². The molecule has 2 heterocycles. The van der Waals surface area contributed by atoms with Crippen molar-refractivity contribution >= 4 is 45.1 Å². The van der Waals surface area contributed by atoms with Gasteiger partial charge in [0.25, 0.3) is 0 Å². The summed E-state index contributed by atoms with van der Waals surface area (Å²) in [5.41, 5.74) is 0.155. The molecule has 0 aliphatic carbocycles. The fourth-order valence-corrected chi connectivity index (χ4v) is 1.89. The number of nitrogens with zero attached hydrogens (tertiary/aromatic N) is 3. The van der Waals surface area contributed by atoms with Gasteiger partial charge < -0.3 is 0 Å². The molecule has 2 aromatic heterocycles. The smallest absolute Gasteiger partial charge is 0.263 e. The van der Waals surface area contributed by atoms with Gasteiger partial charge in [-0.2, -0.15) is 13.2 Å². The lowest BCUT2D eigenvalue weighted by molar-refractivity contribution is -0.144. The molecule has 0 radical (unpaired) electrons. The number of hydrogen-bond acceptors (Lipinski definition) is 3. The van der Waals surface area contributed by atoms with E-state index in [0.717, 1.165) is 0 Å². The van der Waals surface area contributed by atoms with Crippen LogP contribution in [0.4, 0.5) is 13.2 Å². The minimum absolute atomic E-state index is 0.155. The molecule has 8 heteroatoms. The zero-order valence-corrected chi connectivity index (χ0v) is 10.3. The van der Waals surface area contributed by atoms with Gasteiger partial charge in [0.15, 0.2) is 0 Å². The van der Waals surface area contributed by atoms with Crippen LogP contribution in [-0.4, -0.2) is 15.0 Å². The second-order valence-electron chi connectivity index (χ2n) is 2.85. The third kappa shape index (κ3) is 2.05. The van der Waals surface area contributed by atoms with Crippen molar-refractivity contribution in [3.05, 3.63) is 26.9 Å². The van der Waals surface area contributed by atoms with Gasteiger partial charge in [0.1, 0.15) is 5.15 Å². The zero-order chi connectivity index (χ0) is 11.9. The van der Waals surface area contributed by atoms with Gasteiger partial charge in [-0.1, -0.05) is 11.6 Å². The Labute approximate surface area is 106 Å². The van der Waals surface area contributed by atoms with Crippen LogP contribution in [0.15, 0.2) is 12.4 Å². The van der Waals surface area contributed by atoms with Gasteiger partial charge >= 0.3 is 6.18 Å². The number of pyridine rings is 1. The van der Waals surface area contributed by atoms with E-state index < -0.39 is 12.0 Å². The Morgan fingerprint density at radius 2 is 1.88 bits per heavy atom. The van der Waals surface area contributed by atoms with Gasteiger partial charge in [-0.05, 0) is 22.6 Å².